The van der Waals surface area contributed by atoms with Crippen LogP contribution in [0.15, 0.2) is 53.7 Å². The summed E-state index contributed by atoms with van der Waals surface area (Å²) < 4.78 is 52.3. The zero-order valence-electron chi connectivity index (χ0n) is 18.9. The number of hydrogen-bond acceptors (Lipinski definition) is 6. The molecule has 1 unspecified atom stereocenters. The highest BCUT2D eigenvalue weighted by atomic mass is 32.2. The number of ether oxygens (including phenoxy) is 2. The fraction of sp³-hybridized carbons (Fsp3) is 0.348. The number of methoxy groups -OCH3 is 1. The molecule has 1 atom stereocenters. The number of hydrogen-bond donors (Lipinski definition) is 1. The summed E-state index contributed by atoms with van der Waals surface area (Å²) in [5.41, 5.74) is -0.579. The number of alkyl halides is 3. The first-order valence-corrected chi connectivity index (χ1v) is 11.5. The number of thioether (sulfide) groups is 1. The van der Waals surface area contributed by atoms with Crippen LogP contribution in [-0.2, 0) is 17.6 Å². The van der Waals surface area contributed by atoms with Gasteiger partial charge < -0.3 is 14.8 Å². The molecule has 0 saturated carbocycles. The average molecular weight is 495 g/mol. The predicted octanol–water partition coefficient (Wildman–Crippen LogP) is 4.88. The maximum Gasteiger partial charge on any atom is 0.416 e. The van der Waals surface area contributed by atoms with Crippen LogP contribution < -0.4 is 14.8 Å². The molecule has 0 aliphatic carbocycles. The lowest BCUT2D eigenvalue weighted by atomic mass is 10.2. The number of nitrogens with zero attached hydrogens (tertiary/aromatic N) is 3. The second-order valence-electron chi connectivity index (χ2n) is 7.41. The van der Waals surface area contributed by atoms with Gasteiger partial charge in [-0.3, -0.25) is 9.36 Å². The standard InChI is InChI=1S/C23H25F3N4O3S/c1-4-15(2)27-21(31)14-34-22-29-28-20(13-33-19-10-8-18(32-3)9-11-19)30(22)17-7-5-6-16(12-17)23(24,25)26/h5-12,15H,4,13-14H2,1-3H3,(H,27,31). The molecule has 34 heavy (non-hydrogen) atoms. The van der Waals surface area contributed by atoms with E-state index in [4.69, 9.17) is 9.47 Å². The van der Waals surface area contributed by atoms with E-state index in [-0.39, 0.29) is 35.2 Å². The van der Waals surface area contributed by atoms with Crippen molar-refractivity contribution in [1.29, 1.82) is 0 Å². The molecule has 11 heteroatoms. The van der Waals surface area contributed by atoms with E-state index in [9.17, 15) is 18.0 Å². The number of amides is 1. The lowest BCUT2D eigenvalue weighted by Gasteiger charge is -2.14. The van der Waals surface area contributed by atoms with Crippen LogP contribution >= 0.6 is 11.8 Å². The Morgan fingerprint density at radius 3 is 2.50 bits per heavy atom. The van der Waals surface area contributed by atoms with E-state index in [1.54, 1.807) is 31.4 Å². The molecule has 0 bridgehead atoms. The van der Waals surface area contributed by atoms with Crippen LogP contribution in [0.1, 0.15) is 31.7 Å². The van der Waals surface area contributed by atoms with Crippen LogP contribution in [0.3, 0.4) is 0 Å². The van der Waals surface area contributed by atoms with Crippen molar-refractivity contribution in [3.05, 3.63) is 59.9 Å². The third kappa shape index (κ3) is 6.66. The van der Waals surface area contributed by atoms with Crippen LogP contribution in [-0.4, -0.2) is 39.6 Å². The fourth-order valence-corrected chi connectivity index (χ4v) is 3.72. The molecule has 0 aliphatic heterocycles. The number of nitrogens with one attached hydrogen (secondary N) is 1. The number of carbonyl (C=O) groups is 1. The van der Waals surface area contributed by atoms with Gasteiger partial charge in [-0.25, -0.2) is 0 Å². The molecular weight excluding hydrogens is 469 g/mol. The van der Waals surface area contributed by atoms with E-state index < -0.39 is 11.7 Å². The van der Waals surface area contributed by atoms with Gasteiger partial charge in [-0.2, -0.15) is 13.2 Å². The molecule has 1 N–H and O–H groups in total. The zero-order chi connectivity index (χ0) is 24.7. The smallest absolute Gasteiger partial charge is 0.416 e. The second-order valence-corrected chi connectivity index (χ2v) is 8.35. The molecule has 0 radical (unpaired) electrons. The molecule has 3 aromatic rings. The number of carbonyl (C=O) groups excluding carboxylic acids is 1. The second kappa shape index (κ2) is 11.3. The first-order valence-electron chi connectivity index (χ1n) is 10.5. The normalized spacial score (nSPS) is 12.3. The summed E-state index contributed by atoms with van der Waals surface area (Å²) in [6.45, 7) is 3.80. The lowest BCUT2D eigenvalue weighted by Crippen LogP contribution is -2.33. The van der Waals surface area contributed by atoms with Crippen molar-refractivity contribution in [2.24, 2.45) is 0 Å². The Balaban J connectivity index is 1.87. The first-order chi connectivity index (χ1) is 16.2. The van der Waals surface area contributed by atoms with Crippen LogP contribution in [0.4, 0.5) is 13.2 Å². The molecule has 182 valence electrons. The molecule has 1 aromatic heterocycles. The van der Waals surface area contributed by atoms with Gasteiger partial charge in [0.15, 0.2) is 11.0 Å². The maximum absolute atomic E-state index is 13.3. The highest BCUT2D eigenvalue weighted by molar-refractivity contribution is 7.99. The van der Waals surface area contributed by atoms with Crippen molar-refractivity contribution < 1.29 is 27.4 Å². The molecule has 0 saturated heterocycles. The van der Waals surface area contributed by atoms with E-state index in [0.717, 1.165) is 30.3 Å². The van der Waals surface area contributed by atoms with Crippen LogP contribution in [0, 0.1) is 0 Å². The average Bonchev–Trinajstić information content (AvgIpc) is 3.24. The summed E-state index contributed by atoms with van der Waals surface area (Å²) in [7, 11) is 1.55. The molecule has 0 aliphatic rings. The maximum atomic E-state index is 13.3. The Labute approximate surface area is 199 Å². The Bertz CT molecular complexity index is 1100. The summed E-state index contributed by atoms with van der Waals surface area (Å²) in [6, 6.07) is 11.7. The largest absolute Gasteiger partial charge is 0.497 e. The number of halogens is 3. The van der Waals surface area contributed by atoms with E-state index >= 15 is 0 Å². The van der Waals surface area contributed by atoms with Gasteiger partial charge in [-0.15, -0.1) is 10.2 Å². The van der Waals surface area contributed by atoms with Crippen molar-refractivity contribution in [2.45, 2.75) is 44.2 Å². The monoisotopic (exact) mass is 494 g/mol. The Kier molecular flexibility index (Phi) is 8.43. The minimum absolute atomic E-state index is 0.0166. The van der Waals surface area contributed by atoms with Gasteiger partial charge in [0, 0.05) is 6.04 Å². The molecule has 7 nitrogen and oxygen atoms in total. The number of benzene rings is 2. The van der Waals surface area contributed by atoms with Gasteiger partial charge in [0.25, 0.3) is 0 Å². The fourth-order valence-electron chi connectivity index (χ4n) is 2.94. The van der Waals surface area contributed by atoms with Crippen LogP contribution in [0.25, 0.3) is 5.69 Å². The van der Waals surface area contributed by atoms with Gasteiger partial charge in [-0.05, 0) is 55.8 Å². The summed E-state index contributed by atoms with van der Waals surface area (Å²) in [5.74, 6) is 1.32. The third-order valence-corrected chi connectivity index (χ3v) is 5.84. The molecule has 1 amide bonds. The summed E-state index contributed by atoms with van der Waals surface area (Å²) >= 11 is 1.09. The van der Waals surface area contributed by atoms with Crippen LogP contribution in [0.2, 0.25) is 0 Å². The quantitative estimate of drug-likeness (QED) is 0.405. The molecular formula is C23H25F3N4O3S. The SMILES string of the molecule is CCC(C)NC(=O)CSc1nnc(COc2ccc(OC)cc2)n1-c1cccc(C(F)(F)F)c1. The van der Waals surface area contributed by atoms with Gasteiger partial charge in [0.2, 0.25) is 5.91 Å². The van der Waals surface area contributed by atoms with Gasteiger partial charge in [-0.1, -0.05) is 24.8 Å². The zero-order valence-corrected chi connectivity index (χ0v) is 19.7. The van der Waals surface area contributed by atoms with Crippen molar-refractivity contribution in [1.82, 2.24) is 20.1 Å². The molecule has 3 rings (SSSR count). The third-order valence-electron chi connectivity index (χ3n) is 4.91. The van der Waals surface area contributed by atoms with E-state index in [1.807, 2.05) is 13.8 Å². The molecule has 0 spiro atoms. The van der Waals surface area contributed by atoms with Crippen molar-refractivity contribution in [3.8, 4) is 17.2 Å². The Hall–Kier alpha value is -3.21. The summed E-state index contributed by atoms with van der Waals surface area (Å²) in [5, 5.41) is 11.4. The highest BCUT2D eigenvalue weighted by Gasteiger charge is 2.31. The minimum atomic E-state index is -4.51. The van der Waals surface area contributed by atoms with Crippen molar-refractivity contribution in [2.75, 3.05) is 12.9 Å². The Morgan fingerprint density at radius 1 is 1.15 bits per heavy atom. The molecule has 0 fully saturated rings. The van der Waals surface area contributed by atoms with Crippen LogP contribution in [0.5, 0.6) is 11.5 Å². The van der Waals surface area contributed by atoms with Crippen molar-refractivity contribution in [3.63, 3.8) is 0 Å². The number of aromatic nitrogens is 3. The van der Waals surface area contributed by atoms with Gasteiger partial charge >= 0.3 is 6.18 Å². The first kappa shape index (κ1) is 25.4. The van der Waals surface area contributed by atoms with E-state index in [1.165, 1.54) is 16.7 Å². The van der Waals surface area contributed by atoms with Gasteiger partial charge in [0.05, 0.1) is 24.1 Å². The highest BCUT2D eigenvalue weighted by Crippen LogP contribution is 2.32. The van der Waals surface area contributed by atoms with Crippen molar-refractivity contribution >= 4 is 17.7 Å². The minimum Gasteiger partial charge on any atom is -0.497 e. The molecule has 2 aromatic carbocycles. The Morgan fingerprint density at radius 2 is 1.85 bits per heavy atom. The van der Waals surface area contributed by atoms with E-state index in [0.29, 0.717) is 17.3 Å². The van der Waals surface area contributed by atoms with Gasteiger partial charge in [0.1, 0.15) is 18.1 Å². The lowest BCUT2D eigenvalue weighted by molar-refractivity contribution is -0.137. The molecule has 1 heterocycles. The summed E-state index contributed by atoms with van der Waals surface area (Å²) in [6.07, 6.45) is -3.73. The van der Waals surface area contributed by atoms with E-state index in [2.05, 4.69) is 15.5 Å². The topological polar surface area (TPSA) is 78.3 Å². The predicted molar refractivity (Wildman–Crippen MR) is 122 cm³/mol. The summed E-state index contributed by atoms with van der Waals surface area (Å²) in [4.78, 5) is 12.2. The number of rotatable bonds is 10.